The van der Waals surface area contributed by atoms with Crippen molar-refractivity contribution in [1.29, 1.82) is 0 Å². The van der Waals surface area contributed by atoms with Gasteiger partial charge in [0.1, 0.15) is 5.82 Å². The van der Waals surface area contributed by atoms with Crippen molar-refractivity contribution in [2.75, 3.05) is 5.32 Å². The zero-order valence-corrected chi connectivity index (χ0v) is 11.6. The first kappa shape index (κ1) is 15.0. The molecule has 0 aliphatic heterocycles. The van der Waals surface area contributed by atoms with Crippen LogP contribution in [-0.2, 0) is 6.54 Å². The van der Waals surface area contributed by atoms with Crippen molar-refractivity contribution >= 4 is 11.7 Å². The first-order valence-electron chi connectivity index (χ1n) is 6.62. The predicted molar refractivity (Wildman–Crippen MR) is 79.3 cm³/mol. The minimum absolute atomic E-state index is 0.236. The smallest absolute Gasteiger partial charge is 0.319 e. The lowest BCUT2D eigenvalue weighted by Crippen LogP contribution is -2.28. The van der Waals surface area contributed by atoms with Crippen LogP contribution in [0.3, 0.4) is 0 Å². The van der Waals surface area contributed by atoms with Crippen LogP contribution in [0, 0.1) is 5.82 Å². The van der Waals surface area contributed by atoms with Gasteiger partial charge in [-0.05, 0) is 42.3 Å². The van der Waals surface area contributed by atoms with Crippen molar-refractivity contribution in [2.45, 2.75) is 19.6 Å². The number of halogens is 1. The molecule has 110 valence electrons. The maximum atomic E-state index is 13.0. The van der Waals surface area contributed by atoms with E-state index in [9.17, 15) is 14.3 Å². The van der Waals surface area contributed by atoms with Crippen molar-refractivity contribution in [3.05, 3.63) is 65.5 Å². The van der Waals surface area contributed by atoms with Crippen LogP contribution in [0.15, 0.2) is 48.5 Å². The highest BCUT2D eigenvalue weighted by Gasteiger charge is 2.05. The Morgan fingerprint density at radius 2 is 2.00 bits per heavy atom. The molecule has 21 heavy (non-hydrogen) atoms. The molecular formula is C16H17FN2O2. The second-order valence-corrected chi connectivity index (χ2v) is 4.74. The number of nitrogens with one attached hydrogen (secondary N) is 2. The van der Waals surface area contributed by atoms with Gasteiger partial charge in [0.2, 0.25) is 0 Å². The van der Waals surface area contributed by atoms with E-state index in [1.165, 1.54) is 12.1 Å². The minimum Gasteiger partial charge on any atom is -0.389 e. The third kappa shape index (κ3) is 4.57. The molecule has 0 aliphatic carbocycles. The Balaban J connectivity index is 1.91. The Hall–Kier alpha value is -2.40. The summed E-state index contributed by atoms with van der Waals surface area (Å²) in [5.74, 6) is -0.334. The van der Waals surface area contributed by atoms with E-state index in [0.717, 1.165) is 5.56 Å². The summed E-state index contributed by atoms with van der Waals surface area (Å²) in [4.78, 5) is 11.8. The van der Waals surface area contributed by atoms with Gasteiger partial charge >= 0.3 is 6.03 Å². The van der Waals surface area contributed by atoms with Crippen molar-refractivity contribution in [1.82, 2.24) is 5.32 Å². The summed E-state index contributed by atoms with van der Waals surface area (Å²) < 4.78 is 13.0. The SMILES string of the molecule is CC(O)c1cccc(NC(=O)NCc2cccc(F)c2)c1. The number of hydrogen-bond donors (Lipinski definition) is 3. The lowest BCUT2D eigenvalue weighted by Gasteiger charge is -2.10. The van der Waals surface area contributed by atoms with E-state index in [2.05, 4.69) is 10.6 Å². The minimum atomic E-state index is -0.595. The fraction of sp³-hybridized carbons (Fsp3) is 0.188. The molecular weight excluding hydrogens is 271 g/mol. The van der Waals surface area contributed by atoms with E-state index in [1.807, 2.05) is 0 Å². The van der Waals surface area contributed by atoms with E-state index in [0.29, 0.717) is 11.3 Å². The maximum Gasteiger partial charge on any atom is 0.319 e. The lowest BCUT2D eigenvalue weighted by molar-refractivity contribution is 0.199. The lowest BCUT2D eigenvalue weighted by atomic mass is 10.1. The molecule has 2 aromatic rings. The van der Waals surface area contributed by atoms with Crippen LogP contribution in [0.25, 0.3) is 0 Å². The average Bonchev–Trinajstić information content (AvgIpc) is 2.45. The zero-order chi connectivity index (χ0) is 15.2. The van der Waals surface area contributed by atoms with E-state index in [4.69, 9.17) is 0 Å². The third-order valence-electron chi connectivity index (χ3n) is 2.97. The van der Waals surface area contributed by atoms with Crippen LogP contribution in [0.5, 0.6) is 0 Å². The third-order valence-corrected chi connectivity index (χ3v) is 2.97. The topological polar surface area (TPSA) is 61.4 Å². The van der Waals surface area contributed by atoms with Gasteiger partial charge in [-0.2, -0.15) is 0 Å². The van der Waals surface area contributed by atoms with E-state index in [1.54, 1.807) is 43.3 Å². The van der Waals surface area contributed by atoms with Crippen molar-refractivity contribution in [3.8, 4) is 0 Å². The molecule has 0 radical (unpaired) electrons. The highest BCUT2D eigenvalue weighted by atomic mass is 19.1. The van der Waals surface area contributed by atoms with Gasteiger partial charge in [0.25, 0.3) is 0 Å². The zero-order valence-electron chi connectivity index (χ0n) is 11.6. The normalized spacial score (nSPS) is 11.8. The Morgan fingerprint density at radius 3 is 2.71 bits per heavy atom. The van der Waals surface area contributed by atoms with Crippen LogP contribution in [-0.4, -0.2) is 11.1 Å². The van der Waals surface area contributed by atoms with Crippen LogP contribution in [0.1, 0.15) is 24.2 Å². The van der Waals surface area contributed by atoms with Crippen LogP contribution in [0.4, 0.5) is 14.9 Å². The molecule has 5 heteroatoms. The molecule has 2 rings (SSSR count). The first-order chi connectivity index (χ1) is 10.0. The fourth-order valence-corrected chi connectivity index (χ4v) is 1.88. The highest BCUT2D eigenvalue weighted by Crippen LogP contribution is 2.16. The standard InChI is InChI=1S/C16H17FN2O2/c1-11(20)13-5-3-7-15(9-13)19-16(21)18-10-12-4-2-6-14(17)8-12/h2-9,11,20H,10H2,1H3,(H2,18,19,21). The molecule has 3 N–H and O–H groups in total. The highest BCUT2D eigenvalue weighted by molar-refractivity contribution is 5.89. The van der Waals surface area contributed by atoms with Gasteiger partial charge in [-0.1, -0.05) is 24.3 Å². The van der Waals surface area contributed by atoms with Crippen molar-refractivity contribution in [3.63, 3.8) is 0 Å². The number of amides is 2. The Morgan fingerprint density at radius 1 is 1.24 bits per heavy atom. The van der Waals surface area contributed by atoms with Crippen LogP contribution < -0.4 is 10.6 Å². The van der Waals surface area contributed by atoms with Gasteiger partial charge in [0.05, 0.1) is 6.10 Å². The number of carbonyl (C=O) groups is 1. The number of anilines is 1. The summed E-state index contributed by atoms with van der Waals surface area (Å²) in [5, 5.41) is 14.8. The predicted octanol–water partition coefficient (Wildman–Crippen LogP) is 3.20. The average molecular weight is 288 g/mol. The van der Waals surface area contributed by atoms with Gasteiger partial charge in [0.15, 0.2) is 0 Å². The molecule has 0 fully saturated rings. The second kappa shape index (κ2) is 6.85. The van der Waals surface area contributed by atoms with E-state index >= 15 is 0 Å². The molecule has 1 atom stereocenters. The van der Waals surface area contributed by atoms with Gasteiger partial charge in [-0.15, -0.1) is 0 Å². The summed E-state index contributed by atoms with van der Waals surface area (Å²) >= 11 is 0. The number of aliphatic hydroxyl groups is 1. The van der Waals surface area contributed by atoms with Crippen molar-refractivity contribution in [2.24, 2.45) is 0 Å². The second-order valence-electron chi connectivity index (χ2n) is 4.74. The largest absolute Gasteiger partial charge is 0.389 e. The molecule has 2 amide bonds. The molecule has 0 saturated carbocycles. The molecule has 0 saturated heterocycles. The number of rotatable bonds is 4. The van der Waals surface area contributed by atoms with E-state index < -0.39 is 6.10 Å². The van der Waals surface area contributed by atoms with E-state index in [-0.39, 0.29) is 18.4 Å². The Bertz CT molecular complexity index is 629. The molecule has 2 aromatic carbocycles. The quantitative estimate of drug-likeness (QED) is 0.809. The molecule has 0 spiro atoms. The van der Waals surface area contributed by atoms with Crippen LogP contribution in [0.2, 0.25) is 0 Å². The summed E-state index contributed by atoms with van der Waals surface area (Å²) in [6, 6.07) is 12.6. The van der Waals surface area contributed by atoms with Gasteiger partial charge in [-0.3, -0.25) is 0 Å². The fourth-order valence-electron chi connectivity index (χ4n) is 1.88. The van der Waals surface area contributed by atoms with Crippen LogP contribution >= 0.6 is 0 Å². The number of urea groups is 1. The number of benzene rings is 2. The van der Waals surface area contributed by atoms with Crippen molar-refractivity contribution < 1.29 is 14.3 Å². The van der Waals surface area contributed by atoms with Gasteiger partial charge in [-0.25, -0.2) is 9.18 Å². The molecule has 0 heterocycles. The monoisotopic (exact) mass is 288 g/mol. The Labute approximate surface area is 122 Å². The maximum absolute atomic E-state index is 13.0. The number of hydrogen-bond acceptors (Lipinski definition) is 2. The Kier molecular flexibility index (Phi) is 4.90. The molecule has 0 aromatic heterocycles. The summed E-state index contributed by atoms with van der Waals surface area (Å²) in [6.07, 6.45) is -0.595. The molecule has 1 unspecified atom stereocenters. The van der Waals surface area contributed by atoms with Gasteiger partial charge < -0.3 is 15.7 Å². The number of aliphatic hydroxyl groups excluding tert-OH is 1. The molecule has 0 aliphatic rings. The summed E-state index contributed by atoms with van der Waals surface area (Å²) in [6.45, 7) is 1.89. The first-order valence-corrected chi connectivity index (χ1v) is 6.62. The molecule has 4 nitrogen and oxygen atoms in total. The molecule has 0 bridgehead atoms. The summed E-state index contributed by atoms with van der Waals surface area (Å²) in [7, 11) is 0. The number of carbonyl (C=O) groups excluding carboxylic acids is 1. The van der Waals surface area contributed by atoms with Gasteiger partial charge in [0, 0.05) is 12.2 Å². The summed E-state index contributed by atoms with van der Waals surface area (Å²) in [5.41, 5.74) is 1.99.